The number of carbonyl (C=O) groups is 2. The SMILES string of the molecule is O=C([O-])COc1cccc(CC(C(=O)[O-])c2nc(-c3ccccc3)c(-c3ccccc3)o2)c1.[Na+].[Na+]. The molecule has 0 aliphatic rings. The molecule has 0 fully saturated rings. The Balaban J connectivity index is 0.00000216. The molecule has 7 nitrogen and oxygen atoms in total. The summed E-state index contributed by atoms with van der Waals surface area (Å²) < 4.78 is 11.1. The first-order chi connectivity index (χ1) is 16.0. The number of aromatic nitrogens is 1. The van der Waals surface area contributed by atoms with Crippen LogP contribution in [0.15, 0.2) is 89.3 Å². The van der Waals surface area contributed by atoms with Crippen molar-refractivity contribution < 1.29 is 88.1 Å². The van der Waals surface area contributed by atoms with Crippen molar-refractivity contribution in [1.82, 2.24) is 4.98 Å². The molecular formula is C26H19NNa2O6. The van der Waals surface area contributed by atoms with Gasteiger partial charge < -0.3 is 29.0 Å². The number of benzene rings is 3. The van der Waals surface area contributed by atoms with E-state index in [1.807, 2.05) is 60.7 Å². The average molecular weight is 487 g/mol. The van der Waals surface area contributed by atoms with Crippen molar-refractivity contribution in [1.29, 1.82) is 0 Å². The van der Waals surface area contributed by atoms with Gasteiger partial charge in [0.15, 0.2) is 5.76 Å². The monoisotopic (exact) mass is 487 g/mol. The van der Waals surface area contributed by atoms with Gasteiger partial charge in [0.2, 0.25) is 5.89 Å². The molecule has 0 saturated heterocycles. The zero-order valence-electron chi connectivity index (χ0n) is 19.5. The summed E-state index contributed by atoms with van der Waals surface area (Å²) in [6.07, 6.45) is 0.0217. The van der Waals surface area contributed by atoms with Crippen molar-refractivity contribution >= 4 is 11.9 Å². The number of hydrogen-bond donors (Lipinski definition) is 0. The topological polar surface area (TPSA) is 116 Å². The maximum absolute atomic E-state index is 12.1. The molecule has 0 aliphatic heterocycles. The molecule has 9 heteroatoms. The van der Waals surface area contributed by atoms with E-state index in [-0.39, 0.29) is 77.2 Å². The molecule has 4 rings (SSSR count). The summed E-state index contributed by atoms with van der Waals surface area (Å²) in [4.78, 5) is 27.3. The van der Waals surface area contributed by atoms with Crippen LogP contribution in [-0.2, 0) is 16.0 Å². The predicted molar refractivity (Wildman–Crippen MR) is 116 cm³/mol. The number of nitrogens with zero attached hydrogens (tertiary/aromatic N) is 1. The van der Waals surface area contributed by atoms with Gasteiger partial charge in [-0.3, -0.25) is 0 Å². The van der Waals surface area contributed by atoms with Crippen molar-refractivity contribution in [3.05, 3.63) is 96.4 Å². The van der Waals surface area contributed by atoms with Crippen LogP contribution in [0.25, 0.3) is 22.6 Å². The number of carbonyl (C=O) groups excluding carboxylic acids is 2. The quantitative estimate of drug-likeness (QED) is 0.223. The van der Waals surface area contributed by atoms with Crippen molar-refractivity contribution in [2.45, 2.75) is 12.3 Å². The van der Waals surface area contributed by atoms with Gasteiger partial charge >= 0.3 is 59.1 Å². The van der Waals surface area contributed by atoms with E-state index < -0.39 is 24.5 Å². The number of rotatable bonds is 9. The number of hydrogen-bond acceptors (Lipinski definition) is 7. The molecule has 1 heterocycles. The van der Waals surface area contributed by atoms with Crippen molar-refractivity contribution in [2.75, 3.05) is 6.61 Å². The van der Waals surface area contributed by atoms with E-state index in [0.717, 1.165) is 11.1 Å². The van der Waals surface area contributed by atoms with Gasteiger partial charge in [-0.15, -0.1) is 0 Å². The Hall–Kier alpha value is -2.39. The van der Waals surface area contributed by atoms with Crippen LogP contribution in [0.5, 0.6) is 5.75 Å². The van der Waals surface area contributed by atoms with Crippen molar-refractivity contribution in [2.24, 2.45) is 0 Å². The molecule has 0 radical (unpaired) electrons. The van der Waals surface area contributed by atoms with Crippen LogP contribution in [0.4, 0.5) is 0 Å². The Kier molecular flexibility index (Phi) is 11.2. The standard InChI is InChI=1S/C26H21NO6.2Na/c28-22(29)16-32-20-13-7-8-17(14-20)15-21(26(30)31)25-27-23(18-9-3-1-4-10-18)24(33-25)19-11-5-2-6-12-19;;/h1-14,21H,15-16H2,(H,28,29)(H,30,31);;/q;2*+1/p-2. The van der Waals surface area contributed by atoms with Crippen molar-refractivity contribution in [3.8, 4) is 28.3 Å². The molecule has 0 bridgehead atoms. The summed E-state index contributed by atoms with van der Waals surface area (Å²) >= 11 is 0. The zero-order valence-corrected chi connectivity index (χ0v) is 23.5. The maximum atomic E-state index is 12.1. The van der Waals surface area contributed by atoms with E-state index in [4.69, 9.17) is 9.15 Å². The Morgan fingerprint density at radius 3 is 2.09 bits per heavy atom. The van der Waals surface area contributed by atoms with Crippen molar-refractivity contribution in [3.63, 3.8) is 0 Å². The largest absolute Gasteiger partial charge is 1.00 e. The number of aliphatic carboxylic acids is 2. The Labute approximate surface area is 246 Å². The molecule has 3 aromatic carbocycles. The van der Waals surface area contributed by atoms with Crippen LogP contribution in [0.1, 0.15) is 17.4 Å². The van der Waals surface area contributed by atoms with Gasteiger partial charge in [-0.2, -0.15) is 0 Å². The minimum atomic E-state index is -1.35. The third kappa shape index (κ3) is 7.54. The molecule has 0 spiro atoms. The van der Waals surface area contributed by atoms with Gasteiger partial charge in [-0.25, -0.2) is 4.98 Å². The van der Waals surface area contributed by atoms with Crippen LogP contribution < -0.4 is 74.1 Å². The summed E-state index contributed by atoms with van der Waals surface area (Å²) in [6, 6.07) is 25.2. The maximum Gasteiger partial charge on any atom is 1.00 e. The van der Waals surface area contributed by atoms with E-state index in [0.29, 0.717) is 17.0 Å². The minimum Gasteiger partial charge on any atom is -0.549 e. The molecular weight excluding hydrogens is 468 g/mol. The molecule has 4 aromatic rings. The molecule has 1 aromatic heterocycles. The van der Waals surface area contributed by atoms with Gasteiger partial charge in [-0.05, 0) is 24.1 Å². The van der Waals surface area contributed by atoms with Gasteiger partial charge in [0.05, 0.1) is 17.9 Å². The van der Waals surface area contributed by atoms with Crippen LogP contribution in [0.3, 0.4) is 0 Å². The first kappa shape index (κ1) is 28.8. The fourth-order valence-corrected chi connectivity index (χ4v) is 3.47. The van der Waals surface area contributed by atoms with E-state index in [1.165, 1.54) is 0 Å². The predicted octanol–water partition coefficient (Wildman–Crippen LogP) is -3.78. The van der Waals surface area contributed by atoms with E-state index in [1.54, 1.807) is 24.3 Å². The third-order valence-electron chi connectivity index (χ3n) is 5.00. The molecule has 0 aliphatic carbocycles. The first-order valence-electron chi connectivity index (χ1n) is 10.3. The molecule has 0 amide bonds. The number of oxazole rings is 1. The Morgan fingerprint density at radius 2 is 1.49 bits per heavy atom. The third-order valence-corrected chi connectivity index (χ3v) is 5.00. The Morgan fingerprint density at radius 1 is 0.857 bits per heavy atom. The fraction of sp³-hybridized carbons (Fsp3) is 0.115. The second kappa shape index (κ2) is 13.6. The summed E-state index contributed by atoms with van der Waals surface area (Å²) in [6.45, 7) is -0.603. The number of ether oxygens (including phenoxy) is 1. The first-order valence-corrected chi connectivity index (χ1v) is 10.3. The van der Waals surface area contributed by atoms with Gasteiger partial charge in [0, 0.05) is 11.1 Å². The van der Waals surface area contributed by atoms with Gasteiger partial charge in [-0.1, -0.05) is 72.8 Å². The van der Waals surface area contributed by atoms with Gasteiger partial charge in [0.25, 0.3) is 0 Å². The molecule has 166 valence electrons. The minimum absolute atomic E-state index is 0. The van der Waals surface area contributed by atoms with Crippen LogP contribution >= 0.6 is 0 Å². The molecule has 0 saturated carbocycles. The van der Waals surface area contributed by atoms with Gasteiger partial charge in [0.1, 0.15) is 18.1 Å². The normalized spacial score (nSPS) is 11.0. The van der Waals surface area contributed by atoms with E-state index in [2.05, 4.69) is 4.98 Å². The van der Waals surface area contributed by atoms with E-state index in [9.17, 15) is 19.8 Å². The van der Waals surface area contributed by atoms with Crippen LogP contribution in [-0.4, -0.2) is 23.5 Å². The summed E-state index contributed by atoms with van der Waals surface area (Å²) in [7, 11) is 0. The fourth-order valence-electron chi connectivity index (χ4n) is 3.47. The smallest absolute Gasteiger partial charge is 0.549 e. The molecule has 1 atom stereocenters. The van der Waals surface area contributed by atoms with Crippen LogP contribution in [0.2, 0.25) is 0 Å². The Bertz CT molecular complexity index is 1200. The zero-order chi connectivity index (χ0) is 23.2. The molecule has 0 N–H and O–H groups in total. The number of carboxylic acids is 2. The second-order valence-electron chi connectivity index (χ2n) is 7.35. The second-order valence-corrected chi connectivity index (χ2v) is 7.35. The number of carboxylic acid groups (broad SMARTS) is 2. The van der Waals surface area contributed by atoms with E-state index >= 15 is 0 Å². The average Bonchev–Trinajstić information content (AvgIpc) is 3.27. The van der Waals surface area contributed by atoms with Crippen LogP contribution in [0, 0.1) is 0 Å². The summed E-state index contributed by atoms with van der Waals surface area (Å²) in [5.41, 5.74) is 2.70. The molecule has 1 unspecified atom stereocenters. The summed E-state index contributed by atoms with van der Waals surface area (Å²) in [5, 5.41) is 22.7. The summed E-state index contributed by atoms with van der Waals surface area (Å²) in [5.74, 6) is -3.08. The molecule has 35 heavy (non-hydrogen) atoms.